The summed E-state index contributed by atoms with van der Waals surface area (Å²) in [5.41, 5.74) is 2.72. The van der Waals surface area contributed by atoms with Crippen LogP contribution in [0, 0.1) is 5.92 Å². The van der Waals surface area contributed by atoms with Crippen LogP contribution in [-0.2, 0) is 0 Å². The Balaban J connectivity index is 1.67. The SMILES string of the molecule is CC(C)COc1cccc(C(=O)Nc2cccc(C3SCCCS3)c2)c1. The van der Waals surface area contributed by atoms with Gasteiger partial charge in [0.05, 0.1) is 11.2 Å². The van der Waals surface area contributed by atoms with E-state index in [-0.39, 0.29) is 5.91 Å². The largest absolute Gasteiger partial charge is 0.493 e. The Bertz CT molecular complexity index is 742. The Labute approximate surface area is 164 Å². The van der Waals surface area contributed by atoms with Crippen molar-refractivity contribution in [1.82, 2.24) is 0 Å². The molecule has 0 unspecified atom stereocenters. The van der Waals surface area contributed by atoms with Gasteiger partial charge in [-0.2, -0.15) is 0 Å². The molecule has 1 heterocycles. The number of benzene rings is 2. The van der Waals surface area contributed by atoms with Gasteiger partial charge in [0.1, 0.15) is 5.75 Å². The lowest BCUT2D eigenvalue weighted by Crippen LogP contribution is -2.13. The van der Waals surface area contributed by atoms with Crippen LogP contribution in [-0.4, -0.2) is 24.0 Å². The van der Waals surface area contributed by atoms with E-state index >= 15 is 0 Å². The highest BCUT2D eigenvalue weighted by Crippen LogP contribution is 2.44. The Kier molecular flexibility index (Phi) is 6.92. The zero-order chi connectivity index (χ0) is 18.4. The quantitative estimate of drug-likeness (QED) is 0.675. The van der Waals surface area contributed by atoms with Gasteiger partial charge in [0.15, 0.2) is 0 Å². The van der Waals surface area contributed by atoms with Crippen molar-refractivity contribution < 1.29 is 9.53 Å². The number of rotatable bonds is 6. The van der Waals surface area contributed by atoms with Gasteiger partial charge in [-0.1, -0.05) is 32.0 Å². The second-order valence-corrected chi connectivity index (χ2v) is 9.46. The molecule has 5 heteroatoms. The summed E-state index contributed by atoms with van der Waals surface area (Å²) in [6, 6.07) is 15.6. The molecule has 0 bridgehead atoms. The summed E-state index contributed by atoms with van der Waals surface area (Å²) in [5.74, 6) is 3.48. The number of thioether (sulfide) groups is 2. The molecule has 0 aliphatic carbocycles. The fourth-order valence-electron chi connectivity index (χ4n) is 2.64. The van der Waals surface area contributed by atoms with E-state index in [2.05, 4.69) is 31.3 Å². The third-order valence-electron chi connectivity index (χ3n) is 3.92. The van der Waals surface area contributed by atoms with Gasteiger partial charge in [-0.15, -0.1) is 23.5 Å². The molecule has 0 aromatic heterocycles. The van der Waals surface area contributed by atoms with Crippen LogP contribution in [0.2, 0.25) is 0 Å². The van der Waals surface area contributed by atoms with Gasteiger partial charge in [-0.25, -0.2) is 0 Å². The van der Waals surface area contributed by atoms with Crippen LogP contribution in [0.25, 0.3) is 0 Å². The molecule has 0 saturated carbocycles. The fourth-order valence-corrected chi connectivity index (χ4v) is 5.51. The molecule has 138 valence electrons. The molecule has 0 atom stereocenters. The van der Waals surface area contributed by atoms with Crippen molar-refractivity contribution in [3.63, 3.8) is 0 Å². The van der Waals surface area contributed by atoms with Gasteiger partial charge in [-0.3, -0.25) is 4.79 Å². The van der Waals surface area contributed by atoms with Gasteiger partial charge in [-0.05, 0) is 59.7 Å². The number of nitrogens with one attached hydrogen (secondary N) is 1. The summed E-state index contributed by atoms with van der Waals surface area (Å²) < 4.78 is 6.19. The molecule has 0 radical (unpaired) electrons. The van der Waals surface area contributed by atoms with Crippen LogP contribution in [0.1, 0.15) is 40.8 Å². The summed E-state index contributed by atoms with van der Waals surface area (Å²) in [6.07, 6.45) is 1.28. The van der Waals surface area contributed by atoms with Crippen molar-refractivity contribution >= 4 is 35.1 Å². The van der Waals surface area contributed by atoms with Crippen LogP contribution in [0.4, 0.5) is 5.69 Å². The standard InChI is InChI=1S/C21H25NO2S2/c1-15(2)14-24-19-9-4-6-16(13-19)20(23)22-18-8-3-7-17(12-18)21-25-10-5-11-26-21/h3-4,6-9,12-13,15,21H,5,10-11,14H2,1-2H3,(H,22,23). The fraction of sp³-hybridized carbons (Fsp3) is 0.381. The maximum absolute atomic E-state index is 12.6. The number of carbonyl (C=O) groups excluding carboxylic acids is 1. The topological polar surface area (TPSA) is 38.3 Å². The highest BCUT2D eigenvalue weighted by Gasteiger charge is 2.17. The van der Waals surface area contributed by atoms with Crippen LogP contribution in [0.3, 0.4) is 0 Å². The molecule has 1 saturated heterocycles. The van der Waals surface area contributed by atoms with Gasteiger partial charge in [0.25, 0.3) is 5.91 Å². The molecule has 26 heavy (non-hydrogen) atoms. The summed E-state index contributed by atoms with van der Waals surface area (Å²) in [5, 5.41) is 3.02. The molecule has 3 rings (SSSR count). The number of amides is 1. The normalized spacial score (nSPS) is 15.0. The molecule has 1 N–H and O–H groups in total. The Morgan fingerprint density at radius 2 is 1.92 bits per heavy atom. The monoisotopic (exact) mass is 387 g/mol. The average molecular weight is 388 g/mol. The number of carbonyl (C=O) groups is 1. The minimum absolute atomic E-state index is 0.110. The number of anilines is 1. The summed E-state index contributed by atoms with van der Waals surface area (Å²) in [4.78, 5) is 12.6. The maximum Gasteiger partial charge on any atom is 0.255 e. The Hall–Kier alpha value is -1.59. The first-order valence-corrected chi connectivity index (χ1v) is 11.1. The van der Waals surface area contributed by atoms with Crippen molar-refractivity contribution in [3.05, 3.63) is 59.7 Å². The van der Waals surface area contributed by atoms with Crippen LogP contribution in [0.15, 0.2) is 48.5 Å². The van der Waals surface area contributed by atoms with Crippen molar-refractivity contribution in [1.29, 1.82) is 0 Å². The lowest BCUT2D eigenvalue weighted by Gasteiger charge is -2.21. The van der Waals surface area contributed by atoms with E-state index < -0.39 is 0 Å². The molecule has 1 amide bonds. The Morgan fingerprint density at radius 1 is 1.15 bits per heavy atom. The summed E-state index contributed by atoms with van der Waals surface area (Å²) in [7, 11) is 0. The van der Waals surface area contributed by atoms with E-state index in [0.717, 1.165) is 11.4 Å². The van der Waals surface area contributed by atoms with E-state index in [4.69, 9.17) is 4.74 Å². The molecular weight excluding hydrogens is 362 g/mol. The van der Waals surface area contributed by atoms with Crippen LogP contribution < -0.4 is 10.1 Å². The van der Waals surface area contributed by atoms with Crippen LogP contribution >= 0.6 is 23.5 Å². The van der Waals surface area contributed by atoms with Gasteiger partial charge in [0.2, 0.25) is 0 Å². The first-order valence-electron chi connectivity index (χ1n) is 8.99. The second-order valence-electron chi connectivity index (χ2n) is 6.74. The molecule has 1 aliphatic rings. The minimum Gasteiger partial charge on any atom is -0.493 e. The zero-order valence-electron chi connectivity index (χ0n) is 15.2. The highest BCUT2D eigenvalue weighted by molar-refractivity contribution is 8.16. The smallest absolute Gasteiger partial charge is 0.255 e. The number of hydrogen-bond donors (Lipinski definition) is 1. The minimum atomic E-state index is -0.110. The first kappa shape index (κ1) is 19.2. The second kappa shape index (κ2) is 9.38. The molecule has 2 aromatic rings. The number of ether oxygens (including phenoxy) is 1. The van der Waals surface area contributed by atoms with Crippen LogP contribution in [0.5, 0.6) is 5.75 Å². The molecular formula is C21H25NO2S2. The van der Waals surface area contributed by atoms with Crippen molar-refractivity contribution in [2.75, 3.05) is 23.4 Å². The van der Waals surface area contributed by atoms with Gasteiger partial charge < -0.3 is 10.1 Å². The zero-order valence-corrected chi connectivity index (χ0v) is 16.9. The lowest BCUT2D eigenvalue weighted by atomic mass is 10.1. The van der Waals surface area contributed by atoms with Gasteiger partial charge in [0, 0.05) is 11.3 Å². The lowest BCUT2D eigenvalue weighted by molar-refractivity contribution is 0.102. The molecule has 1 fully saturated rings. The van der Waals surface area contributed by atoms with Crippen molar-refractivity contribution in [2.24, 2.45) is 5.92 Å². The third kappa shape index (κ3) is 5.45. The van der Waals surface area contributed by atoms with E-state index in [1.54, 1.807) is 6.07 Å². The van der Waals surface area contributed by atoms with E-state index in [1.807, 2.05) is 53.9 Å². The van der Waals surface area contributed by atoms with Gasteiger partial charge >= 0.3 is 0 Å². The summed E-state index contributed by atoms with van der Waals surface area (Å²) in [6.45, 7) is 4.85. The average Bonchev–Trinajstić information content (AvgIpc) is 2.67. The third-order valence-corrected chi connectivity index (χ3v) is 6.94. The molecule has 3 nitrogen and oxygen atoms in total. The molecule has 0 spiro atoms. The maximum atomic E-state index is 12.6. The Morgan fingerprint density at radius 3 is 2.69 bits per heavy atom. The van der Waals surface area contributed by atoms with E-state index in [1.165, 1.54) is 23.5 Å². The molecule has 1 aliphatic heterocycles. The highest BCUT2D eigenvalue weighted by atomic mass is 32.2. The molecule has 2 aromatic carbocycles. The first-order chi connectivity index (χ1) is 12.6. The summed E-state index contributed by atoms with van der Waals surface area (Å²) >= 11 is 3.97. The van der Waals surface area contributed by atoms with Crippen molar-refractivity contribution in [2.45, 2.75) is 24.9 Å². The van der Waals surface area contributed by atoms with E-state index in [9.17, 15) is 4.79 Å². The predicted octanol–water partition coefficient (Wildman–Crippen LogP) is 5.84. The van der Waals surface area contributed by atoms with Crippen molar-refractivity contribution in [3.8, 4) is 5.75 Å². The predicted molar refractivity (Wildman–Crippen MR) is 113 cm³/mol. The van der Waals surface area contributed by atoms with E-state index in [0.29, 0.717) is 22.7 Å². The number of hydrogen-bond acceptors (Lipinski definition) is 4.